The molecule has 0 amide bonds. The lowest BCUT2D eigenvalue weighted by molar-refractivity contribution is 0.762. The highest BCUT2D eigenvalue weighted by Crippen LogP contribution is 2.10. The molecule has 0 aromatic rings. The molecule has 3 radical (unpaired) electrons. The second-order valence-corrected chi connectivity index (χ2v) is 5.54. The van der Waals surface area contributed by atoms with Crippen molar-refractivity contribution in [3.8, 4) is 0 Å². The number of hydrogen-bond donors (Lipinski definition) is 2. The molecule has 0 saturated heterocycles. The lowest BCUT2D eigenvalue weighted by Gasteiger charge is -2.11. The van der Waals surface area contributed by atoms with Crippen molar-refractivity contribution < 1.29 is 0 Å². The fourth-order valence-corrected chi connectivity index (χ4v) is 2.26. The van der Waals surface area contributed by atoms with Gasteiger partial charge in [-0.2, -0.15) is 0 Å². The van der Waals surface area contributed by atoms with E-state index in [1.807, 2.05) is 0 Å². The van der Waals surface area contributed by atoms with Crippen molar-refractivity contribution in [3.63, 3.8) is 0 Å². The normalized spacial score (nSPS) is 12.1. The molecule has 0 aliphatic carbocycles. The molecule has 7 heteroatoms. The van der Waals surface area contributed by atoms with E-state index in [1.165, 1.54) is 24.5 Å². The molecular formula is C7H15B2N2S3. The van der Waals surface area contributed by atoms with Crippen molar-refractivity contribution in [2.75, 3.05) is 12.3 Å². The van der Waals surface area contributed by atoms with E-state index in [4.69, 9.17) is 25.7 Å². The van der Waals surface area contributed by atoms with E-state index in [1.54, 1.807) is 11.8 Å². The molecule has 3 N–H and O–H groups in total. The number of thiocarbonyl (C=S) groups is 1. The second kappa shape index (κ2) is 10.2. The van der Waals surface area contributed by atoms with Gasteiger partial charge in [-0.1, -0.05) is 37.3 Å². The molecule has 0 aromatic carbocycles. The summed E-state index contributed by atoms with van der Waals surface area (Å²) < 4.78 is 0.825. The van der Waals surface area contributed by atoms with Gasteiger partial charge in [0.05, 0.1) is 0 Å². The Kier molecular flexibility index (Phi) is 10.7. The van der Waals surface area contributed by atoms with Crippen LogP contribution in [0.3, 0.4) is 0 Å². The van der Waals surface area contributed by atoms with Crippen molar-refractivity contribution in [3.05, 3.63) is 0 Å². The topological polar surface area (TPSA) is 38.0 Å². The van der Waals surface area contributed by atoms with Crippen LogP contribution in [0.5, 0.6) is 0 Å². The predicted molar refractivity (Wildman–Crippen MR) is 75.0 cm³/mol. The molecule has 0 rings (SSSR count). The van der Waals surface area contributed by atoms with Gasteiger partial charge in [0, 0.05) is 25.4 Å². The molecule has 1 unspecified atom stereocenters. The van der Waals surface area contributed by atoms with Crippen LogP contribution < -0.4 is 11.1 Å². The van der Waals surface area contributed by atoms with Crippen molar-refractivity contribution in [2.45, 2.75) is 25.1 Å². The molecule has 0 aliphatic rings. The Balaban J connectivity index is 3.34. The van der Waals surface area contributed by atoms with E-state index in [2.05, 4.69) is 12.2 Å². The number of thioether (sulfide) groups is 1. The summed E-state index contributed by atoms with van der Waals surface area (Å²) in [5.41, 5.74) is 5.73. The van der Waals surface area contributed by atoms with Gasteiger partial charge >= 0.3 is 0 Å². The fraction of sp³-hybridized carbons (Fsp3) is 0.857. The summed E-state index contributed by atoms with van der Waals surface area (Å²) in [6, 6.07) is 0. The zero-order valence-corrected chi connectivity index (χ0v) is 10.8. The third-order valence-electron chi connectivity index (χ3n) is 1.43. The van der Waals surface area contributed by atoms with Crippen LogP contribution in [-0.4, -0.2) is 36.2 Å². The smallest absolute Gasteiger partial charge is 0.136 e. The van der Waals surface area contributed by atoms with E-state index >= 15 is 0 Å². The van der Waals surface area contributed by atoms with Gasteiger partial charge in [0.1, 0.15) is 10.8 Å². The van der Waals surface area contributed by atoms with Crippen LogP contribution in [-0.2, 0) is 0 Å². The molecule has 0 saturated carbocycles. The first-order chi connectivity index (χ1) is 6.70. The molecule has 0 spiro atoms. The number of nitrogens with two attached hydrogens (primary N) is 1. The Morgan fingerprint density at radius 1 is 1.71 bits per heavy atom. The Hall–Kier alpha value is 0.680. The summed E-state index contributed by atoms with van der Waals surface area (Å²) in [4.78, 5) is 0. The summed E-state index contributed by atoms with van der Waals surface area (Å²) in [5.74, 6) is 0.788. The average molecular weight is 245 g/mol. The first-order valence-electron chi connectivity index (χ1n) is 4.55. The third-order valence-corrected chi connectivity index (χ3v) is 3.75. The minimum absolute atomic E-state index is 0.0240. The summed E-state index contributed by atoms with van der Waals surface area (Å²) in [6.45, 7) is 3.11. The number of hydrogen-bond acceptors (Lipinski definition) is 4. The van der Waals surface area contributed by atoms with E-state index in [9.17, 15) is 0 Å². The third kappa shape index (κ3) is 9.24. The number of nitrogens with one attached hydrogen (secondary N) is 1. The quantitative estimate of drug-likeness (QED) is 0.304. The van der Waals surface area contributed by atoms with Crippen LogP contribution in [0.15, 0.2) is 0 Å². The van der Waals surface area contributed by atoms with Gasteiger partial charge in [-0.05, 0) is 6.42 Å². The van der Waals surface area contributed by atoms with Crippen LogP contribution in [0.2, 0.25) is 0 Å². The van der Waals surface area contributed by atoms with E-state index in [0.717, 1.165) is 23.0 Å². The van der Waals surface area contributed by atoms with Gasteiger partial charge < -0.3 is 11.1 Å². The van der Waals surface area contributed by atoms with E-state index in [0.29, 0.717) is 0 Å². The van der Waals surface area contributed by atoms with E-state index in [-0.39, 0.29) is 5.37 Å². The molecule has 0 fully saturated rings. The number of unbranched alkanes of at least 4 members (excludes halogenated alkanes) is 1. The van der Waals surface area contributed by atoms with E-state index < -0.39 is 0 Å². The first-order valence-corrected chi connectivity index (χ1v) is 6.89. The standard InChI is InChI=1S/C7H15B2N2S3/c1-2-3-4-11-7(12)13-5-6(10)14-9-8/h6H,2-5,10H2,1H3,(H,11,12). The predicted octanol–water partition coefficient (Wildman–Crippen LogP) is 1.11. The van der Waals surface area contributed by atoms with Gasteiger partial charge in [0.25, 0.3) is 0 Å². The summed E-state index contributed by atoms with van der Waals surface area (Å²) in [7, 11) is 5.23. The van der Waals surface area contributed by atoms with Crippen molar-refractivity contribution in [1.29, 1.82) is 0 Å². The Morgan fingerprint density at radius 3 is 3.00 bits per heavy atom. The molecule has 0 heterocycles. The Morgan fingerprint density at radius 2 is 2.43 bits per heavy atom. The summed E-state index contributed by atoms with van der Waals surface area (Å²) in [6.07, 6.45) is 3.84. The van der Waals surface area contributed by atoms with Crippen LogP contribution in [0.25, 0.3) is 0 Å². The minimum atomic E-state index is 0.0240. The molecule has 0 aliphatic heterocycles. The van der Waals surface area contributed by atoms with Crippen molar-refractivity contribution in [2.24, 2.45) is 5.73 Å². The molecule has 14 heavy (non-hydrogen) atoms. The molecular weight excluding hydrogens is 230 g/mol. The molecule has 2 nitrogen and oxygen atoms in total. The van der Waals surface area contributed by atoms with Crippen molar-refractivity contribution in [1.82, 2.24) is 5.32 Å². The maximum atomic E-state index is 5.73. The van der Waals surface area contributed by atoms with Crippen LogP contribution >= 0.6 is 35.6 Å². The minimum Gasteiger partial charge on any atom is -0.371 e. The second-order valence-electron chi connectivity index (χ2n) is 2.69. The summed E-state index contributed by atoms with van der Waals surface area (Å²) in [5, 5.41) is 3.19. The van der Waals surface area contributed by atoms with Crippen LogP contribution in [0.4, 0.5) is 0 Å². The van der Waals surface area contributed by atoms with Gasteiger partial charge in [0.2, 0.25) is 0 Å². The zero-order valence-electron chi connectivity index (χ0n) is 8.36. The highest BCUT2D eigenvalue weighted by Gasteiger charge is 2.03. The van der Waals surface area contributed by atoms with Crippen LogP contribution in [0.1, 0.15) is 19.8 Å². The molecule has 0 bridgehead atoms. The van der Waals surface area contributed by atoms with Gasteiger partial charge in [-0.15, -0.1) is 0 Å². The number of rotatable bonds is 7. The van der Waals surface area contributed by atoms with Gasteiger partial charge in [-0.3, -0.25) is 0 Å². The maximum absolute atomic E-state index is 5.73. The van der Waals surface area contributed by atoms with Gasteiger partial charge in [-0.25, -0.2) is 11.6 Å². The SMILES string of the molecule is [B][B]SC(N)CSC(=S)NCCCC. The zero-order chi connectivity index (χ0) is 10.8. The molecule has 0 aromatic heterocycles. The first kappa shape index (κ1) is 14.7. The fourth-order valence-electron chi connectivity index (χ4n) is 0.716. The average Bonchev–Trinajstić information content (AvgIpc) is 2.16. The van der Waals surface area contributed by atoms with Crippen molar-refractivity contribution >= 4 is 54.1 Å². The molecule has 1 atom stereocenters. The largest absolute Gasteiger partial charge is 0.371 e. The highest BCUT2D eigenvalue weighted by atomic mass is 32.2. The lowest BCUT2D eigenvalue weighted by atomic mass is 9.79. The maximum Gasteiger partial charge on any atom is 0.136 e. The Labute approximate surface area is 102 Å². The van der Waals surface area contributed by atoms with Gasteiger partial charge in [0.15, 0.2) is 0 Å². The Bertz CT molecular complexity index is 160. The highest BCUT2D eigenvalue weighted by molar-refractivity contribution is 8.28. The molecule has 77 valence electrons. The summed E-state index contributed by atoms with van der Waals surface area (Å²) >= 11 is 8.11. The van der Waals surface area contributed by atoms with Crippen LogP contribution in [0, 0.1) is 0 Å². The lowest BCUT2D eigenvalue weighted by Crippen LogP contribution is -2.25. The monoisotopic (exact) mass is 245 g/mol.